The van der Waals surface area contributed by atoms with Crippen LogP contribution in [0.3, 0.4) is 0 Å². The molecule has 2 aliphatic rings. The molecular weight excluding hydrogens is 1380 g/mol. The molecule has 0 unspecified atom stereocenters. The molecule has 18 aromatic carbocycles. The molecule has 8 nitrogen and oxygen atoms in total. The van der Waals surface area contributed by atoms with E-state index in [2.05, 4.69) is 348 Å². The molecule has 2 aliphatic carbocycles. The fourth-order valence-electron chi connectivity index (χ4n) is 18.4. The molecule has 0 aliphatic heterocycles. The highest BCUT2D eigenvalue weighted by Crippen LogP contribution is 2.54. The van der Waals surface area contributed by atoms with E-state index in [0.717, 1.165) is 99.9 Å². The zero-order chi connectivity index (χ0) is 73.9. The van der Waals surface area contributed by atoms with Gasteiger partial charge in [-0.25, -0.2) is 15.0 Å². The lowest BCUT2D eigenvalue weighted by molar-refractivity contribution is 0.668. The van der Waals surface area contributed by atoms with E-state index in [1.54, 1.807) is 0 Å². The highest BCUT2D eigenvalue weighted by atomic mass is 16.3. The Morgan fingerprint density at radius 2 is 0.566 bits per heavy atom. The monoisotopic (exact) mass is 1440 g/mol. The summed E-state index contributed by atoms with van der Waals surface area (Å²) in [5, 5.41) is 17.1. The van der Waals surface area contributed by atoms with Crippen molar-refractivity contribution in [3.63, 3.8) is 0 Å². The number of anilines is 3. The molecule has 0 radical (unpaired) electrons. The van der Waals surface area contributed by atoms with Crippen LogP contribution in [0.5, 0.6) is 0 Å². The van der Waals surface area contributed by atoms with Crippen LogP contribution in [-0.4, -0.2) is 24.1 Å². The second kappa shape index (κ2) is 24.6. The van der Waals surface area contributed by atoms with E-state index in [0.29, 0.717) is 17.5 Å². The van der Waals surface area contributed by atoms with Crippen molar-refractivity contribution in [3.8, 4) is 101 Å². The van der Waals surface area contributed by atoms with E-state index in [9.17, 15) is 0 Å². The van der Waals surface area contributed by atoms with Gasteiger partial charge in [-0.2, -0.15) is 0 Å². The summed E-state index contributed by atoms with van der Waals surface area (Å²) in [6.45, 7) is 0. The summed E-state index contributed by atoms with van der Waals surface area (Å²) < 4.78 is 17.8. The number of para-hydroxylation sites is 4. The van der Waals surface area contributed by atoms with E-state index >= 15 is 0 Å². The lowest BCUT2D eigenvalue weighted by Crippen LogP contribution is -2.09. The Morgan fingerprint density at radius 3 is 1.08 bits per heavy atom. The molecule has 0 amide bonds. The number of rotatable bonds is 9. The van der Waals surface area contributed by atoms with E-state index in [4.69, 9.17) is 23.8 Å². The second-order valence-electron chi connectivity index (χ2n) is 29.7. The number of furan rings is 2. The molecule has 0 N–H and O–H groups in total. The predicted octanol–water partition coefficient (Wildman–Crippen LogP) is 28.4. The van der Waals surface area contributed by atoms with Crippen LogP contribution in [0.2, 0.25) is 0 Å². The number of benzene rings is 18. The Kier molecular flexibility index (Phi) is 13.7. The van der Waals surface area contributed by atoms with Gasteiger partial charge in [0.1, 0.15) is 22.3 Å². The van der Waals surface area contributed by atoms with Crippen molar-refractivity contribution in [2.24, 2.45) is 0 Å². The predicted molar refractivity (Wildman–Crippen MR) is 467 cm³/mol. The third-order valence-corrected chi connectivity index (χ3v) is 23.5. The quantitative estimate of drug-likeness (QED) is 0.143. The zero-order valence-electron chi connectivity index (χ0n) is 60.8. The van der Waals surface area contributed by atoms with Gasteiger partial charge in [0.25, 0.3) is 0 Å². The molecule has 0 atom stereocenters. The third kappa shape index (κ3) is 9.73. The van der Waals surface area contributed by atoms with E-state index in [-0.39, 0.29) is 0 Å². The fourth-order valence-corrected chi connectivity index (χ4v) is 18.4. The molecule has 0 saturated heterocycles. The van der Waals surface area contributed by atoms with Gasteiger partial charge in [-0.1, -0.05) is 237 Å². The normalized spacial score (nSPS) is 12.1. The first-order chi connectivity index (χ1) is 56.0. The van der Waals surface area contributed by atoms with Gasteiger partial charge >= 0.3 is 0 Å². The van der Waals surface area contributed by atoms with Gasteiger partial charge in [0.05, 0.1) is 22.1 Å². The van der Waals surface area contributed by atoms with E-state index in [1.807, 2.05) is 42.5 Å². The lowest BCUT2D eigenvalue weighted by Gasteiger charge is -2.25. The van der Waals surface area contributed by atoms with Crippen molar-refractivity contribution >= 4 is 137 Å². The molecule has 8 heteroatoms. The highest BCUT2D eigenvalue weighted by Gasteiger charge is 2.30. The molecule has 0 saturated carbocycles. The summed E-state index contributed by atoms with van der Waals surface area (Å²) in [5.41, 5.74) is 29.0. The molecule has 23 aromatic rings. The Bertz CT molecular complexity index is 7850. The van der Waals surface area contributed by atoms with Gasteiger partial charge in [0.15, 0.2) is 17.5 Å². The Morgan fingerprint density at radius 1 is 0.204 bits per heavy atom. The van der Waals surface area contributed by atoms with Gasteiger partial charge in [0, 0.05) is 88.2 Å². The Balaban J connectivity index is 0.000000131. The van der Waals surface area contributed by atoms with Crippen LogP contribution in [-0.2, 0) is 0 Å². The van der Waals surface area contributed by atoms with Crippen LogP contribution in [0.4, 0.5) is 17.1 Å². The molecule has 25 rings (SSSR count). The van der Waals surface area contributed by atoms with Crippen molar-refractivity contribution in [1.29, 1.82) is 0 Å². The third-order valence-electron chi connectivity index (χ3n) is 23.5. The van der Waals surface area contributed by atoms with E-state index in [1.165, 1.54) is 121 Å². The summed E-state index contributed by atoms with van der Waals surface area (Å²) in [6.07, 6.45) is 0. The lowest BCUT2D eigenvalue weighted by atomic mass is 9.92. The average molecular weight is 1440 g/mol. The molecule has 113 heavy (non-hydrogen) atoms. The smallest absolute Gasteiger partial charge is 0.164 e. The first-order valence-corrected chi connectivity index (χ1v) is 38.4. The van der Waals surface area contributed by atoms with Crippen LogP contribution >= 0.6 is 0 Å². The molecule has 5 heterocycles. The van der Waals surface area contributed by atoms with Crippen molar-refractivity contribution in [1.82, 2.24) is 24.1 Å². The van der Waals surface area contributed by atoms with Gasteiger partial charge in [-0.05, 0) is 227 Å². The van der Waals surface area contributed by atoms with Crippen molar-refractivity contribution in [3.05, 3.63) is 376 Å². The maximum Gasteiger partial charge on any atom is 0.164 e. The van der Waals surface area contributed by atoms with Gasteiger partial charge in [-0.15, -0.1) is 0 Å². The standard InChI is InChI=1S/C53H30N4O.C52H32N2O/c1-2-11-33(12-3-1)51-54-52(56-53(55-51)36-21-20-31-10-4-5-13-35(31)28-36)34-22-25-37(26-23-34)57-44-18-9-17-40-42-30-47-43(38-15-6-7-19-46(38)58-47)29-41(42)39-16-8-14-32-24-27-45(57)50(48(32)39)49(40)44;1-3-12-36(13-4-1)53(37-14-5-2-6-15-37)38-26-21-33(22-27-38)34-23-28-39(29-24-34)54-46-19-10-18-42-44-32-49-45(40-16-7-8-20-48(40)55-49)31-43(44)41-17-9-11-35-25-30-47(54)52(50(35)41)51(42)46/h1-30H;1-32H. The van der Waals surface area contributed by atoms with Crippen molar-refractivity contribution in [2.75, 3.05) is 4.90 Å². The minimum absolute atomic E-state index is 0.631. The van der Waals surface area contributed by atoms with Gasteiger partial charge in [-0.3, -0.25) is 0 Å². The summed E-state index contributed by atoms with van der Waals surface area (Å²) in [6, 6.07) is 135. The number of aromatic nitrogens is 5. The largest absolute Gasteiger partial charge is 0.456 e. The first kappa shape index (κ1) is 62.8. The van der Waals surface area contributed by atoms with Crippen LogP contribution in [0.25, 0.3) is 221 Å². The summed E-state index contributed by atoms with van der Waals surface area (Å²) in [4.78, 5) is 17.4. The average Bonchev–Trinajstić information content (AvgIpc) is 1.54. The second-order valence-corrected chi connectivity index (χ2v) is 29.7. The molecule has 0 fully saturated rings. The number of hydrogen-bond acceptors (Lipinski definition) is 6. The number of nitrogens with zero attached hydrogens (tertiary/aromatic N) is 6. The zero-order valence-corrected chi connectivity index (χ0v) is 60.8. The maximum absolute atomic E-state index is 6.46. The van der Waals surface area contributed by atoms with Gasteiger partial charge in [0.2, 0.25) is 0 Å². The highest BCUT2D eigenvalue weighted by molar-refractivity contribution is 6.33. The summed E-state index contributed by atoms with van der Waals surface area (Å²) in [5.74, 6) is 1.92. The fraction of sp³-hybridized carbons (Fsp3) is 0. The molecular formula is C105H62N6O2. The molecule has 524 valence electrons. The van der Waals surface area contributed by atoms with Crippen molar-refractivity contribution in [2.45, 2.75) is 0 Å². The Hall–Kier alpha value is -15.3. The van der Waals surface area contributed by atoms with Gasteiger partial charge < -0.3 is 22.9 Å². The summed E-state index contributed by atoms with van der Waals surface area (Å²) in [7, 11) is 0. The number of fused-ring (bicyclic) bond motifs is 13. The van der Waals surface area contributed by atoms with E-state index < -0.39 is 0 Å². The molecule has 0 spiro atoms. The molecule has 0 bridgehead atoms. The minimum Gasteiger partial charge on any atom is -0.456 e. The topological polar surface area (TPSA) is 78.0 Å². The SMILES string of the molecule is c1ccc(-c2nc(-c3ccc(-n4c5cccc6c5c5c7c(cccc7ccc54)-c4cc5c(cc4-6)oc4ccccc45)cc3)nc(-c3ccc4ccccc4c3)n2)cc1.c1ccc(N(c2ccccc2)c2ccc(-c3ccc(-n4c5cccc6c5c5c7c(cccc7ccc54)-c4cc5c(cc4-6)oc4ccccc45)cc3)cc2)cc1. The van der Waals surface area contributed by atoms with Crippen LogP contribution in [0.15, 0.2) is 385 Å². The van der Waals surface area contributed by atoms with Crippen LogP contribution < -0.4 is 4.90 Å². The van der Waals surface area contributed by atoms with Crippen molar-refractivity contribution < 1.29 is 8.83 Å². The molecule has 5 aromatic heterocycles. The maximum atomic E-state index is 6.46. The van der Waals surface area contributed by atoms with Crippen LogP contribution in [0, 0.1) is 0 Å². The minimum atomic E-state index is 0.631. The summed E-state index contributed by atoms with van der Waals surface area (Å²) >= 11 is 0. The Labute approximate surface area is 647 Å². The van der Waals surface area contributed by atoms with Crippen LogP contribution in [0.1, 0.15) is 0 Å². The first-order valence-electron chi connectivity index (χ1n) is 38.4. The number of hydrogen-bond donors (Lipinski definition) is 0.